The fourth-order valence-corrected chi connectivity index (χ4v) is 7.49. The highest BCUT2D eigenvalue weighted by Crippen LogP contribution is 2.13. The van der Waals surface area contributed by atoms with Crippen molar-refractivity contribution in [2.75, 3.05) is 13.2 Å². The Kier molecular flexibility index (Phi) is 56.0. The maximum atomic E-state index is 12.9. The molecule has 0 aromatic heterocycles. The molecule has 1 unspecified atom stereocenters. The van der Waals surface area contributed by atoms with E-state index < -0.39 is 6.10 Å². The van der Waals surface area contributed by atoms with Gasteiger partial charge in [-0.3, -0.25) is 14.4 Å². The molecular formula is C67H106O6. The number of carbonyl (C=O) groups excluding carboxylic acids is 3. The van der Waals surface area contributed by atoms with Gasteiger partial charge in [0.1, 0.15) is 13.2 Å². The van der Waals surface area contributed by atoms with Crippen LogP contribution in [0.5, 0.6) is 0 Å². The van der Waals surface area contributed by atoms with Gasteiger partial charge in [-0.15, -0.1) is 0 Å². The Hall–Kier alpha value is -4.71. The van der Waals surface area contributed by atoms with Crippen LogP contribution in [0.4, 0.5) is 0 Å². The normalized spacial score (nSPS) is 13.2. The van der Waals surface area contributed by atoms with E-state index in [1.165, 1.54) is 70.6 Å². The van der Waals surface area contributed by atoms with Gasteiger partial charge in [0.2, 0.25) is 0 Å². The average molecular weight is 1010 g/mol. The number of allylic oxidation sites excluding steroid dienone is 24. The molecule has 0 N–H and O–H groups in total. The summed E-state index contributed by atoms with van der Waals surface area (Å²) in [5, 5.41) is 0. The summed E-state index contributed by atoms with van der Waals surface area (Å²) in [7, 11) is 0. The third kappa shape index (κ3) is 58.1. The van der Waals surface area contributed by atoms with Gasteiger partial charge in [0.05, 0.1) is 0 Å². The number of ether oxygens (including phenoxy) is 3. The number of hydrogen-bond acceptors (Lipinski definition) is 6. The summed E-state index contributed by atoms with van der Waals surface area (Å²) in [6, 6.07) is 0. The third-order valence-corrected chi connectivity index (χ3v) is 11.8. The van der Waals surface area contributed by atoms with E-state index in [1.54, 1.807) is 0 Å². The predicted octanol–water partition coefficient (Wildman–Crippen LogP) is 20.0. The van der Waals surface area contributed by atoms with Crippen LogP contribution in [-0.2, 0) is 28.6 Å². The van der Waals surface area contributed by atoms with Gasteiger partial charge in [-0.1, -0.05) is 237 Å². The molecule has 0 saturated heterocycles. The smallest absolute Gasteiger partial charge is 0.306 e. The van der Waals surface area contributed by atoms with E-state index in [9.17, 15) is 14.4 Å². The highest BCUT2D eigenvalue weighted by molar-refractivity contribution is 5.71. The first-order valence-electron chi connectivity index (χ1n) is 29.3. The van der Waals surface area contributed by atoms with Crippen LogP contribution in [-0.4, -0.2) is 37.2 Å². The monoisotopic (exact) mass is 1010 g/mol. The Morgan fingerprint density at radius 2 is 0.562 bits per heavy atom. The summed E-state index contributed by atoms with van der Waals surface area (Å²) in [6.45, 7) is 6.29. The van der Waals surface area contributed by atoms with Gasteiger partial charge < -0.3 is 14.2 Å². The van der Waals surface area contributed by atoms with Crippen LogP contribution in [0.2, 0.25) is 0 Å². The highest BCUT2D eigenvalue weighted by atomic mass is 16.6. The van der Waals surface area contributed by atoms with Crippen molar-refractivity contribution >= 4 is 17.9 Å². The van der Waals surface area contributed by atoms with Crippen molar-refractivity contribution in [2.45, 2.75) is 245 Å². The molecule has 0 heterocycles. The first-order valence-corrected chi connectivity index (χ1v) is 29.3. The van der Waals surface area contributed by atoms with E-state index in [4.69, 9.17) is 14.2 Å². The lowest BCUT2D eigenvalue weighted by Gasteiger charge is -2.18. The lowest BCUT2D eigenvalue weighted by Crippen LogP contribution is -2.30. The molecule has 0 spiro atoms. The SMILES string of the molecule is CC/C=C\C/C=C\C/C=C\C/C=C\C/C=C\CCCCCC(=O)OC(COC(=O)CC/C=C\C/C=C\C/C=C\C/C=C\CC)COC(=O)CCCCCCCCCC/C=C\C/C=C\C/C=C\CCCCCCC. The average Bonchev–Trinajstić information content (AvgIpc) is 3.39. The van der Waals surface area contributed by atoms with Gasteiger partial charge in [0.25, 0.3) is 0 Å². The highest BCUT2D eigenvalue weighted by Gasteiger charge is 2.19. The standard InChI is InChI=1S/C67H106O6/c1-4-7-10-13-16-19-22-25-27-29-31-32-33-34-36-37-39-42-45-48-51-54-57-60-66(69)72-63-64(62-71-65(68)59-56-53-50-47-44-41-24-21-18-15-12-9-6-3)73-67(70)61-58-55-52-49-46-43-40-38-35-30-28-26-23-20-17-14-11-8-5-2/h8-9,11-12,17-18,20-22,25-26,28-29,31,33-35,38,41,43-44,46,50,53,64H,4-7,10,13-16,19,23-24,27,30,32,36-37,39-40,42,45,47-49,51-52,54-63H2,1-3H3/b11-8-,12-9-,20-17-,21-18-,25-22-,28-26-,31-29-,34-33-,38-35-,44-41-,46-43-,53-50-. The fraction of sp³-hybridized carbons (Fsp3) is 0.597. The van der Waals surface area contributed by atoms with Crippen LogP contribution in [0.1, 0.15) is 239 Å². The number of unbranched alkanes of at least 4 members (excludes halogenated alkanes) is 16. The summed E-state index contributed by atoms with van der Waals surface area (Å²) >= 11 is 0. The van der Waals surface area contributed by atoms with E-state index >= 15 is 0 Å². The van der Waals surface area contributed by atoms with Gasteiger partial charge in [-0.05, 0) is 128 Å². The minimum atomic E-state index is -0.835. The van der Waals surface area contributed by atoms with Crippen LogP contribution >= 0.6 is 0 Å². The minimum absolute atomic E-state index is 0.123. The summed E-state index contributed by atoms with van der Waals surface area (Å²) < 4.78 is 16.8. The lowest BCUT2D eigenvalue weighted by atomic mass is 10.1. The maximum Gasteiger partial charge on any atom is 0.306 e. The Balaban J connectivity index is 4.50. The van der Waals surface area contributed by atoms with Crippen molar-refractivity contribution in [2.24, 2.45) is 0 Å². The molecule has 0 radical (unpaired) electrons. The molecule has 1 atom stereocenters. The van der Waals surface area contributed by atoms with Crippen LogP contribution in [0.15, 0.2) is 146 Å². The zero-order valence-electron chi connectivity index (χ0n) is 46.8. The zero-order chi connectivity index (χ0) is 52.9. The van der Waals surface area contributed by atoms with Crippen LogP contribution in [0.3, 0.4) is 0 Å². The molecular weight excluding hydrogens is 901 g/mol. The second kappa shape index (κ2) is 59.8. The van der Waals surface area contributed by atoms with Crippen molar-refractivity contribution in [1.29, 1.82) is 0 Å². The molecule has 0 aliphatic carbocycles. The van der Waals surface area contributed by atoms with Gasteiger partial charge in [0.15, 0.2) is 6.10 Å². The fourth-order valence-electron chi connectivity index (χ4n) is 7.49. The predicted molar refractivity (Wildman–Crippen MR) is 315 cm³/mol. The van der Waals surface area contributed by atoms with E-state index in [1.807, 2.05) is 12.2 Å². The van der Waals surface area contributed by atoms with Crippen molar-refractivity contribution in [3.63, 3.8) is 0 Å². The van der Waals surface area contributed by atoms with Gasteiger partial charge in [0, 0.05) is 19.3 Å². The molecule has 0 aromatic rings. The van der Waals surface area contributed by atoms with Gasteiger partial charge >= 0.3 is 17.9 Å². The number of carbonyl (C=O) groups is 3. The Bertz CT molecular complexity index is 1630. The molecule has 73 heavy (non-hydrogen) atoms. The Morgan fingerprint density at radius 3 is 0.932 bits per heavy atom. The Morgan fingerprint density at radius 1 is 0.288 bits per heavy atom. The first-order chi connectivity index (χ1) is 36.0. The number of rotatable bonds is 51. The van der Waals surface area contributed by atoms with Crippen LogP contribution < -0.4 is 0 Å². The van der Waals surface area contributed by atoms with Gasteiger partial charge in [-0.2, -0.15) is 0 Å². The molecule has 0 fully saturated rings. The second-order valence-corrected chi connectivity index (χ2v) is 18.8. The molecule has 0 aliphatic heterocycles. The second-order valence-electron chi connectivity index (χ2n) is 18.8. The topological polar surface area (TPSA) is 78.9 Å². The first kappa shape index (κ1) is 68.3. The summed E-state index contributed by atoms with van der Waals surface area (Å²) in [4.78, 5) is 38.1. The van der Waals surface area contributed by atoms with E-state index in [0.29, 0.717) is 19.3 Å². The molecule has 410 valence electrons. The van der Waals surface area contributed by atoms with Crippen LogP contribution in [0, 0.1) is 0 Å². The third-order valence-electron chi connectivity index (χ3n) is 11.8. The van der Waals surface area contributed by atoms with E-state index in [0.717, 1.165) is 116 Å². The quantitative estimate of drug-likeness (QED) is 0.0261. The molecule has 0 bridgehead atoms. The Labute approximate surface area is 448 Å². The van der Waals surface area contributed by atoms with Crippen molar-refractivity contribution < 1.29 is 28.6 Å². The van der Waals surface area contributed by atoms with Gasteiger partial charge in [-0.25, -0.2) is 0 Å². The summed E-state index contributed by atoms with van der Waals surface area (Å²) in [6.07, 6.45) is 85.7. The molecule has 6 heteroatoms. The molecule has 6 nitrogen and oxygen atoms in total. The maximum absolute atomic E-state index is 12.9. The molecule has 0 rings (SSSR count). The van der Waals surface area contributed by atoms with E-state index in [2.05, 4.69) is 154 Å². The van der Waals surface area contributed by atoms with E-state index in [-0.39, 0.29) is 44.0 Å². The zero-order valence-corrected chi connectivity index (χ0v) is 46.8. The lowest BCUT2D eigenvalue weighted by molar-refractivity contribution is -0.166. The number of hydrogen-bond donors (Lipinski definition) is 0. The number of esters is 3. The molecule has 0 amide bonds. The summed E-state index contributed by atoms with van der Waals surface area (Å²) in [5.41, 5.74) is 0. The van der Waals surface area contributed by atoms with Crippen molar-refractivity contribution in [3.8, 4) is 0 Å². The minimum Gasteiger partial charge on any atom is -0.462 e. The van der Waals surface area contributed by atoms with Crippen molar-refractivity contribution in [3.05, 3.63) is 146 Å². The summed E-state index contributed by atoms with van der Waals surface area (Å²) in [5.74, 6) is -1.05. The molecule has 0 saturated carbocycles. The van der Waals surface area contributed by atoms with Crippen molar-refractivity contribution in [1.82, 2.24) is 0 Å². The molecule has 0 aromatic carbocycles. The molecule has 0 aliphatic rings. The van der Waals surface area contributed by atoms with Crippen LogP contribution in [0.25, 0.3) is 0 Å². The largest absolute Gasteiger partial charge is 0.462 e.